The van der Waals surface area contributed by atoms with E-state index in [2.05, 4.69) is 0 Å². The summed E-state index contributed by atoms with van der Waals surface area (Å²) in [6.07, 6.45) is 1.53. The molecule has 1 fully saturated rings. The highest BCUT2D eigenvalue weighted by atomic mass is 35.5. The zero-order valence-corrected chi connectivity index (χ0v) is 15.3. The van der Waals surface area contributed by atoms with Gasteiger partial charge in [-0.25, -0.2) is 0 Å². The van der Waals surface area contributed by atoms with Crippen molar-refractivity contribution in [2.45, 2.75) is 13.0 Å². The van der Waals surface area contributed by atoms with Crippen LogP contribution in [0.4, 0.5) is 0 Å². The predicted molar refractivity (Wildman–Crippen MR) is 98.6 cm³/mol. The Morgan fingerprint density at radius 3 is 2.76 bits per heavy atom. The SMILES string of the molecule is C[C@H](C(=O)[O-])N1C(=O)/C(=C/c2ccc(-c3ccccc3Cl)o2)SC1=S. The van der Waals surface area contributed by atoms with Crippen LogP contribution in [0.3, 0.4) is 0 Å². The van der Waals surface area contributed by atoms with E-state index in [4.69, 9.17) is 28.2 Å². The maximum atomic E-state index is 12.4. The molecule has 0 N–H and O–H groups in total. The van der Waals surface area contributed by atoms with Gasteiger partial charge in [0.1, 0.15) is 15.8 Å². The third-order valence-electron chi connectivity index (χ3n) is 3.59. The van der Waals surface area contributed by atoms with E-state index in [1.54, 1.807) is 18.2 Å². The first-order chi connectivity index (χ1) is 11.9. The molecule has 2 heterocycles. The molecular weight excluding hydrogens is 382 g/mol. The summed E-state index contributed by atoms with van der Waals surface area (Å²) >= 11 is 12.3. The van der Waals surface area contributed by atoms with Crippen LogP contribution in [0.25, 0.3) is 17.4 Å². The van der Waals surface area contributed by atoms with Crippen LogP contribution in [0.2, 0.25) is 5.02 Å². The highest BCUT2D eigenvalue weighted by Crippen LogP contribution is 2.35. The Kier molecular flexibility index (Phi) is 4.99. The lowest BCUT2D eigenvalue weighted by molar-refractivity contribution is -0.309. The second-order valence-corrected chi connectivity index (χ2v) is 7.31. The number of nitrogens with zero attached hydrogens (tertiary/aromatic N) is 1. The van der Waals surface area contributed by atoms with Crippen molar-refractivity contribution < 1.29 is 19.1 Å². The molecule has 0 bridgehead atoms. The van der Waals surface area contributed by atoms with E-state index in [0.29, 0.717) is 16.5 Å². The molecule has 1 aliphatic rings. The first kappa shape index (κ1) is 17.7. The van der Waals surface area contributed by atoms with Crippen LogP contribution < -0.4 is 5.11 Å². The minimum absolute atomic E-state index is 0.172. The van der Waals surface area contributed by atoms with Crippen LogP contribution in [0, 0.1) is 0 Å². The highest BCUT2D eigenvalue weighted by Gasteiger charge is 2.36. The second kappa shape index (κ2) is 7.03. The van der Waals surface area contributed by atoms with Crippen molar-refractivity contribution in [1.82, 2.24) is 4.90 Å². The third kappa shape index (κ3) is 3.49. The fourth-order valence-corrected chi connectivity index (χ4v) is 3.91. The standard InChI is InChI=1S/C17H12ClNO4S2/c1-9(16(21)22)19-15(20)14(25-17(19)24)8-10-6-7-13(23-10)11-4-2-3-5-12(11)18/h2-9H,1H3,(H,21,22)/p-1/b14-8-/t9-/m1/s1. The monoisotopic (exact) mass is 392 g/mol. The number of furan rings is 1. The molecule has 3 rings (SSSR count). The maximum Gasteiger partial charge on any atom is 0.266 e. The van der Waals surface area contributed by atoms with E-state index >= 15 is 0 Å². The van der Waals surface area contributed by atoms with E-state index in [-0.39, 0.29) is 9.23 Å². The molecule has 1 amide bonds. The zero-order chi connectivity index (χ0) is 18.1. The molecule has 0 saturated carbocycles. The Balaban J connectivity index is 1.88. The third-order valence-corrected chi connectivity index (χ3v) is 5.25. The van der Waals surface area contributed by atoms with Crippen LogP contribution in [0.5, 0.6) is 0 Å². The summed E-state index contributed by atoms with van der Waals surface area (Å²) < 4.78 is 5.89. The average molecular weight is 393 g/mol. The summed E-state index contributed by atoms with van der Waals surface area (Å²) in [7, 11) is 0. The molecule has 0 spiro atoms. The zero-order valence-electron chi connectivity index (χ0n) is 12.9. The van der Waals surface area contributed by atoms with Gasteiger partial charge < -0.3 is 14.3 Å². The van der Waals surface area contributed by atoms with Crippen molar-refractivity contribution in [3.05, 3.63) is 52.1 Å². The molecule has 1 atom stereocenters. The Hall–Kier alpha value is -2.09. The second-order valence-electron chi connectivity index (χ2n) is 5.23. The van der Waals surface area contributed by atoms with Gasteiger partial charge in [-0.2, -0.15) is 0 Å². The van der Waals surface area contributed by atoms with Gasteiger partial charge in [0, 0.05) is 11.6 Å². The molecule has 5 nitrogen and oxygen atoms in total. The molecule has 1 aliphatic heterocycles. The summed E-state index contributed by atoms with van der Waals surface area (Å²) in [5, 5.41) is 11.6. The highest BCUT2D eigenvalue weighted by molar-refractivity contribution is 8.26. The van der Waals surface area contributed by atoms with Crippen LogP contribution in [0.1, 0.15) is 12.7 Å². The predicted octanol–water partition coefficient (Wildman–Crippen LogP) is 2.94. The number of carbonyl (C=O) groups is 2. The van der Waals surface area contributed by atoms with E-state index in [0.717, 1.165) is 22.2 Å². The number of thiocarbonyl (C=S) groups is 1. The van der Waals surface area contributed by atoms with E-state index in [1.165, 1.54) is 13.0 Å². The number of halogens is 1. The van der Waals surface area contributed by atoms with Gasteiger partial charge in [0.05, 0.1) is 21.9 Å². The Morgan fingerprint density at radius 2 is 2.08 bits per heavy atom. The molecule has 0 unspecified atom stereocenters. The number of hydrogen-bond acceptors (Lipinski definition) is 6. The molecule has 8 heteroatoms. The van der Waals surface area contributed by atoms with Gasteiger partial charge in [0.2, 0.25) is 0 Å². The number of benzene rings is 1. The van der Waals surface area contributed by atoms with Crippen molar-refractivity contribution in [3.8, 4) is 11.3 Å². The lowest BCUT2D eigenvalue weighted by Gasteiger charge is -2.23. The van der Waals surface area contributed by atoms with Crippen LogP contribution in [-0.2, 0) is 9.59 Å². The minimum Gasteiger partial charge on any atom is -0.548 e. The number of amides is 1. The molecular formula is C17H11ClNO4S2-. The normalized spacial score (nSPS) is 17.4. The largest absolute Gasteiger partial charge is 0.548 e. The lowest BCUT2D eigenvalue weighted by atomic mass is 10.2. The fourth-order valence-electron chi connectivity index (χ4n) is 2.28. The summed E-state index contributed by atoms with van der Waals surface area (Å²) in [5.41, 5.74) is 0.738. The Labute approximate surface area is 158 Å². The van der Waals surface area contributed by atoms with Gasteiger partial charge in [0.25, 0.3) is 5.91 Å². The summed E-state index contributed by atoms with van der Waals surface area (Å²) in [5.74, 6) is -0.842. The number of carbonyl (C=O) groups excluding carboxylic acids is 2. The number of aliphatic carboxylic acids is 1. The van der Waals surface area contributed by atoms with Crippen LogP contribution >= 0.6 is 35.6 Å². The van der Waals surface area contributed by atoms with Crippen molar-refractivity contribution in [2.24, 2.45) is 0 Å². The van der Waals surface area contributed by atoms with Gasteiger partial charge in [0.15, 0.2) is 0 Å². The molecule has 25 heavy (non-hydrogen) atoms. The number of carboxylic acids is 1. The van der Waals surface area contributed by atoms with Gasteiger partial charge in [-0.15, -0.1) is 0 Å². The van der Waals surface area contributed by atoms with Crippen molar-refractivity contribution >= 4 is 57.9 Å². The van der Waals surface area contributed by atoms with Gasteiger partial charge >= 0.3 is 0 Å². The van der Waals surface area contributed by atoms with Crippen molar-refractivity contribution in [3.63, 3.8) is 0 Å². The van der Waals surface area contributed by atoms with Gasteiger partial charge in [-0.05, 0) is 31.2 Å². The number of rotatable bonds is 4. The molecule has 1 aromatic carbocycles. The fraction of sp³-hybridized carbons (Fsp3) is 0.118. The summed E-state index contributed by atoms with van der Waals surface area (Å²) in [4.78, 5) is 24.7. The molecule has 0 aliphatic carbocycles. The van der Waals surface area contributed by atoms with E-state index in [9.17, 15) is 14.7 Å². The maximum absolute atomic E-state index is 12.4. The van der Waals surface area contributed by atoms with Crippen LogP contribution in [0.15, 0.2) is 45.7 Å². The van der Waals surface area contributed by atoms with Gasteiger partial charge in [-0.3, -0.25) is 9.69 Å². The first-order valence-corrected chi connectivity index (χ1v) is 8.81. The lowest BCUT2D eigenvalue weighted by Crippen LogP contribution is -2.48. The van der Waals surface area contributed by atoms with Gasteiger partial charge in [-0.1, -0.05) is 47.7 Å². The van der Waals surface area contributed by atoms with Crippen molar-refractivity contribution in [1.29, 1.82) is 0 Å². The average Bonchev–Trinajstić information content (AvgIpc) is 3.13. The van der Waals surface area contributed by atoms with Crippen LogP contribution in [-0.4, -0.2) is 27.1 Å². The molecule has 2 aromatic rings. The molecule has 0 radical (unpaired) electrons. The minimum atomic E-state index is -1.36. The number of thioether (sulfide) groups is 1. The summed E-state index contributed by atoms with van der Waals surface area (Å²) in [6, 6.07) is 9.56. The molecule has 1 saturated heterocycles. The number of carboxylic acid groups (broad SMARTS) is 1. The molecule has 1 aromatic heterocycles. The topological polar surface area (TPSA) is 73.6 Å². The quantitative estimate of drug-likeness (QED) is 0.588. The van der Waals surface area contributed by atoms with E-state index < -0.39 is 17.9 Å². The smallest absolute Gasteiger partial charge is 0.266 e. The Morgan fingerprint density at radius 1 is 1.36 bits per heavy atom. The first-order valence-electron chi connectivity index (χ1n) is 7.21. The Bertz CT molecular complexity index is 906. The molecule has 128 valence electrons. The van der Waals surface area contributed by atoms with E-state index in [1.807, 2.05) is 18.2 Å². The summed E-state index contributed by atoms with van der Waals surface area (Å²) in [6.45, 7) is 1.35. The number of hydrogen-bond donors (Lipinski definition) is 0. The van der Waals surface area contributed by atoms with Crippen molar-refractivity contribution in [2.75, 3.05) is 0 Å².